The van der Waals surface area contributed by atoms with Crippen molar-refractivity contribution in [3.8, 4) is 11.4 Å². The molecule has 3 heterocycles. The number of fused-ring (bicyclic) bond motifs is 1. The highest BCUT2D eigenvalue weighted by Crippen LogP contribution is 2.23. The summed E-state index contributed by atoms with van der Waals surface area (Å²) in [5, 5.41) is 19.1. The molecule has 7 nitrogen and oxygen atoms in total. The second kappa shape index (κ2) is 7.54. The first-order valence-electron chi connectivity index (χ1n) is 9.32. The van der Waals surface area contributed by atoms with Gasteiger partial charge in [0.1, 0.15) is 11.4 Å². The second-order valence-corrected chi connectivity index (χ2v) is 6.88. The fourth-order valence-corrected chi connectivity index (χ4v) is 3.50. The van der Waals surface area contributed by atoms with Gasteiger partial charge in [0.25, 0.3) is 0 Å². The molecule has 0 saturated heterocycles. The maximum Gasteiger partial charge on any atom is 0.144 e. The molecule has 0 saturated carbocycles. The third-order valence-corrected chi connectivity index (χ3v) is 5.00. The molecule has 0 aliphatic carbocycles. The van der Waals surface area contributed by atoms with Crippen molar-refractivity contribution in [3.05, 3.63) is 59.7 Å². The molecule has 1 aliphatic rings. The summed E-state index contributed by atoms with van der Waals surface area (Å²) >= 11 is 0. The van der Waals surface area contributed by atoms with Crippen LogP contribution in [-0.4, -0.2) is 43.2 Å². The molecular formula is C20H25N5O2. The van der Waals surface area contributed by atoms with Crippen molar-refractivity contribution in [1.29, 1.82) is 0 Å². The first-order valence-corrected chi connectivity index (χ1v) is 9.32. The fourth-order valence-electron chi connectivity index (χ4n) is 3.50. The van der Waals surface area contributed by atoms with E-state index in [9.17, 15) is 5.11 Å². The third kappa shape index (κ3) is 3.61. The fraction of sp³-hybridized carbons (Fsp3) is 0.400. The van der Waals surface area contributed by atoms with Crippen LogP contribution in [0.1, 0.15) is 36.4 Å². The third-order valence-electron chi connectivity index (χ3n) is 5.00. The van der Waals surface area contributed by atoms with Crippen molar-refractivity contribution < 1.29 is 9.84 Å². The number of aliphatic hydroxyl groups is 1. The summed E-state index contributed by atoms with van der Waals surface area (Å²) in [7, 11) is 1.67. The molecule has 3 aromatic rings. The summed E-state index contributed by atoms with van der Waals surface area (Å²) in [5.41, 5.74) is 4.02. The molecule has 142 valence electrons. The average Bonchev–Trinajstić information content (AvgIpc) is 3.34. The van der Waals surface area contributed by atoms with Crippen LogP contribution in [0.2, 0.25) is 0 Å². The van der Waals surface area contributed by atoms with Crippen LogP contribution in [0.5, 0.6) is 5.75 Å². The molecule has 4 rings (SSSR count). The largest absolute Gasteiger partial charge is 0.494 e. The minimum Gasteiger partial charge on any atom is -0.494 e. The summed E-state index contributed by atoms with van der Waals surface area (Å²) < 4.78 is 9.30. The first-order chi connectivity index (χ1) is 13.2. The predicted octanol–water partition coefficient (Wildman–Crippen LogP) is 2.54. The molecule has 0 unspecified atom stereocenters. The van der Waals surface area contributed by atoms with Crippen molar-refractivity contribution >= 4 is 0 Å². The summed E-state index contributed by atoms with van der Waals surface area (Å²) in [6.45, 7) is 5.38. The van der Waals surface area contributed by atoms with Gasteiger partial charge in [-0.25, -0.2) is 4.68 Å². The molecular weight excluding hydrogens is 342 g/mol. The molecule has 27 heavy (non-hydrogen) atoms. The number of rotatable bonds is 6. The summed E-state index contributed by atoms with van der Waals surface area (Å²) in [6.07, 6.45) is 4.17. The maximum absolute atomic E-state index is 10.0. The van der Waals surface area contributed by atoms with E-state index in [-0.39, 0.29) is 0 Å². The number of hydrogen-bond acceptors (Lipinski definition) is 5. The van der Waals surface area contributed by atoms with E-state index in [0.717, 1.165) is 54.6 Å². The Morgan fingerprint density at radius 1 is 1.26 bits per heavy atom. The highest BCUT2D eigenvalue weighted by molar-refractivity contribution is 5.46. The first kappa shape index (κ1) is 17.8. The smallest absolute Gasteiger partial charge is 0.144 e. The zero-order valence-corrected chi connectivity index (χ0v) is 15.7. The second-order valence-electron chi connectivity index (χ2n) is 6.88. The minimum absolute atomic E-state index is 0.476. The van der Waals surface area contributed by atoms with Crippen molar-refractivity contribution in [2.24, 2.45) is 0 Å². The minimum atomic E-state index is -0.476. The molecule has 7 heteroatoms. The number of hydrogen-bond donors (Lipinski definition) is 1. The predicted molar refractivity (Wildman–Crippen MR) is 102 cm³/mol. The van der Waals surface area contributed by atoms with Crippen LogP contribution in [0.4, 0.5) is 0 Å². The lowest BCUT2D eigenvalue weighted by Gasteiger charge is -2.26. The monoisotopic (exact) mass is 367 g/mol. The Hall–Kier alpha value is -2.64. The van der Waals surface area contributed by atoms with E-state index < -0.39 is 6.10 Å². The summed E-state index contributed by atoms with van der Waals surface area (Å²) in [5.74, 6) is 0.802. The Kier molecular flexibility index (Phi) is 4.96. The number of ether oxygens (including phenoxy) is 1. The summed E-state index contributed by atoms with van der Waals surface area (Å²) in [6, 6.07) is 9.89. The number of benzene rings is 1. The van der Waals surface area contributed by atoms with E-state index in [4.69, 9.17) is 4.74 Å². The van der Waals surface area contributed by atoms with Crippen LogP contribution in [0.3, 0.4) is 0 Å². The molecule has 0 amide bonds. The van der Waals surface area contributed by atoms with Gasteiger partial charge in [0.2, 0.25) is 0 Å². The lowest BCUT2D eigenvalue weighted by molar-refractivity contribution is 0.166. The van der Waals surface area contributed by atoms with E-state index in [1.54, 1.807) is 7.11 Å². The normalized spacial score (nSPS) is 15.5. The Balaban J connectivity index is 1.46. The van der Waals surface area contributed by atoms with Crippen LogP contribution in [-0.2, 0) is 19.6 Å². The van der Waals surface area contributed by atoms with Crippen LogP contribution in [0, 0.1) is 0 Å². The number of para-hydroxylation sites is 2. The van der Waals surface area contributed by atoms with Crippen molar-refractivity contribution in [1.82, 2.24) is 24.5 Å². The van der Waals surface area contributed by atoms with Gasteiger partial charge in [-0.2, -0.15) is 10.2 Å². The van der Waals surface area contributed by atoms with Crippen LogP contribution in [0.25, 0.3) is 5.69 Å². The van der Waals surface area contributed by atoms with Gasteiger partial charge in [0, 0.05) is 31.4 Å². The van der Waals surface area contributed by atoms with Gasteiger partial charge in [-0.15, -0.1) is 0 Å². The van der Waals surface area contributed by atoms with Gasteiger partial charge < -0.3 is 9.84 Å². The highest BCUT2D eigenvalue weighted by Gasteiger charge is 2.21. The molecule has 0 radical (unpaired) electrons. The number of aliphatic hydroxyl groups excluding tert-OH is 1. The van der Waals surface area contributed by atoms with Gasteiger partial charge in [-0.1, -0.05) is 19.1 Å². The Morgan fingerprint density at radius 2 is 2.11 bits per heavy atom. The number of nitrogens with zero attached hydrogens (tertiary/aromatic N) is 5. The van der Waals surface area contributed by atoms with Gasteiger partial charge in [0.05, 0.1) is 37.3 Å². The Labute approximate surface area is 158 Å². The van der Waals surface area contributed by atoms with E-state index >= 15 is 0 Å². The maximum atomic E-state index is 10.0. The van der Waals surface area contributed by atoms with Crippen LogP contribution >= 0.6 is 0 Å². The molecule has 2 aromatic heterocycles. The molecule has 1 aromatic carbocycles. The van der Waals surface area contributed by atoms with Gasteiger partial charge in [-0.3, -0.25) is 9.58 Å². The average molecular weight is 367 g/mol. The molecule has 0 bridgehead atoms. The molecule has 1 N–H and O–H groups in total. The van der Waals surface area contributed by atoms with Gasteiger partial charge in [-0.05, 0) is 24.6 Å². The highest BCUT2D eigenvalue weighted by atomic mass is 16.5. The standard InChI is InChI=1S/C20H25N5O2/c1-3-19(26)17-10-16-14-23(8-9-24(16)22-17)12-15-11-21-25(13-15)18-6-4-5-7-20(18)27-2/h4-7,10-11,13,19,26H,3,8-9,12,14H2,1-2H3/t19-/m1/s1. The zero-order chi connectivity index (χ0) is 18.8. The Bertz CT molecular complexity index is 917. The molecule has 0 fully saturated rings. The quantitative estimate of drug-likeness (QED) is 0.725. The number of methoxy groups -OCH3 is 1. The number of aromatic nitrogens is 4. The van der Waals surface area contributed by atoms with E-state index in [1.165, 1.54) is 0 Å². The SMILES string of the molecule is CC[C@@H](O)c1cc2n(n1)CCN(Cc1cnn(-c3ccccc3OC)c1)C2. The van der Waals surface area contributed by atoms with Crippen molar-refractivity contribution in [3.63, 3.8) is 0 Å². The van der Waals surface area contributed by atoms with Gasteiger partial charge >= 0.3 is 0 Å². The van der Waals surface area contributed by atoms with Crippen molar-refractivity contribution in [2.45, 2.75) is 39.1 Å². The lowest BCUT2D eigenvalue weighted by Crippen LogP contribution is -2.33. The molecule has 1 atom stereocenters. The lowest BCUT2D eigenvalue weighted by atomic mass is 10.2. The van der Waals surface area contributed by atoms with Crippen LogP contribution < -0.4 is 4.74 Å². The van der Waals surface area contributed by atoms with Gasteiger partial charge in [0.15, 0.2) is 0 Å². The topological polar surface area (TPSA) is 68.3 Å². The Morgan fingerprint density at radius 3 is 2.93 bits per heavy atom. The van der Waals surface area contributed by atoms with Crippen LogP contribution in [0.15, 0.2) is 42.7 Å². The molecule has 0 spiro atoms. The summed E-state index contributed by atoms with van der Waals surface area (Å²) in [4.78, 5) is 2.38. The van der Waals surface area contributed by atoms with E-state index in [1.807, 2.05) is 52.8 Å². The zero-order valence-electron chi connectivity index (χ0n) is 15.7. The van der Waals surface area contributed by atoms with E-state index in [2.05, 4.69) is 21.3 Å². The van der Waals surface area contributed by atoms with E-state index in [0.29, 0.717) is 6.42 Å². The molecule has 1 aliphatic heterocycles. The van der Waals surface area contributed by atoms with Crippen molar-refractivity contribution in [2.75, 3.05) is 13.7 Å².